The van der Waals surface area contributed by atoms with Crippen LogP contribution in [0.1, 0.15) is 120 Å². The lowest BCUT2D eigenvalue weighted by molar-refractivity contribution is -0.389. The molecular formula is C48H76O18. The van der Waals surface area contributed by atoms with Gasteiger partial charge in [0.15, 0.2) is 25.0 Å². The molecule has 3 saturated heterocycles. The van der Waals surface area contributed by atoms with Gasteiger partial charge in [0.25, 0.3) is 0 Å². The molecule has 66 heavy (non-hydrogen) atoms. The van der Waals surface area contributed by atoms with E-state index in [1.807, 2.05) is 0 Å². The zero-order valence-corrected chi connectivity index (χ0v) is 39.6. The van der Waals surface area contributed by atoms with Crippen LogP contribution in [0.5, 0.6) is 0 Å². The summed E-state index contributed by atoms with van der Waals surface area (Å²) in [5, 5.41) is 108. The third-order valence-corrected chi connectivity index (χ3v) is 19.3. The zero-order valence-electron chi connectivity index (χ0n) is 39.6. The van der Waals surface area contributed by atoms with Crippen molar-refractivity contribution >= 4 is 11.9 Å². The van der Waals surface area contributed by atoms with Gasteiger partial charge in [-0.2, -0.15) is 0 Å². The largest absolute Gasteiger partial charge is 0.481 e. The second-order valence-corrected chi connectivity index (χ2v) is 23.5. The number of allylic oxidation sites excluding steroid dienone is 2. The van der Waals surface area contributed by atoms with Crippen LogP contribution in [0.3, 0.4) is 0 Å². The molecule has 3 aliphatic heterocycles. The number of fused-ring (bicyclic) bond motifs is 7. The predicted octanol–water partition coefficient (Wildman–Crippen LogP) is 1.83. The topological polar surface area (TPSA) is 292 Å². The highest BCUT2D eigenvalue weighted by Crippen LogP contribution is 2.76. The molecule has 0 spiro atoms. The highest BCUT2D eigenvalue weighted by atomic mass is 16.8. The van der Waals surface area contributed by atoms with Gasteiger partial charge < -0.3 is 79.5 Å². The summed E-state index contributed by atoms with van der Waals surface area (Å²) < 4.78 is 35.7. The van der Waals surface area contributed by atoms with Gasteiger partial charge in [-0.3, -0.25) is 4.79 Å². The molecule has 8 aliphatic rings. The minimum absolute atomic E-state index is 0.00764. The van der Waals surface area contributed by atoms with E-state index in [4.69, 9.17) is 28.4 Å². The van der Waals surface area contributed by atoms with Gasteiger partial charge in [-0.05, 0) is 116 Å². The summed E-state index contributed by atoms with van der Waals surface area (Å²) in [6.07, 6.45) is -16.3. The van der Waals surface area contributed by atoms with Crippen LogP contribution in [0.4, 0.5) is 0 Å². The number of aliphatic hydroxyl groups is 8. The Bertz CT molecular complexity index is 1860. The highest BCUT2D eigenvalue weighted by Gasteiger charge is 2.70. The van der Waals surface area contributed by atoms with Crippen molar-refractivity contribution in [2.75, 3.05) is 6.61 Å². The Balaban J connectivity index is 1.03. The normalized spacial score (nSPS) is 53.3. The zero-order chi connectivity index (χ0) is 48.4. The summed E-state index contributed by atoms with van der Waals surface area (Å²) in [5.41, 5.74) is -0.310. The minimum Gasteiger partial charge on any atom is -0.481 e. The van der Waals surface area contributed by atoms with E-state index in [-0.39, 0.29) is 39.4 Å². The molecule has 376 valence electrons. The number of rotatable bonds is 9. The Labute approximate surface area is 386 Å². The van der Waals surface area contributed by atoms with E-state index in [1.54, 1.807) is 0 Å². The van der Waals surface area contributed by atoms with Crippen molar-refractivity contribution in [2.24, 2.45) is 50.2 Å². The molecule has 18 heteroatoms. The Morgan fingerprint density at radius 2 is 1.32 bits per heavy atom. The van der Waals surface area contributed by atoms with Crippen molar-refractivity contribution in [3.05, 3.63) is 11.6 Å². The number of carboxylic acid groups (broad SMARTS) is 2. The molecule has 10 N–H and O–H groups in total. The molecule has 5 aliphatic carbocycles. The number of carbonyl (C=O) groups is 2. The number of ether oxygens (including phenoxy) is 6. The van der Waals surface area contributed by atoms with Crippen LogP contribution >= 0.6 is 0 Å². The third kappa shape index (κ3) is 7.74. The Morgan fingerprint density at radius 3 is 1.97 bits per heavy atom. The number of hydrogen-bond acceptors (Lipinski definition) is 16. The molecule has 0 aromatic heterocycles. The molecule has 8 rings (SSSR count). The van der Waals surface area contributed by atoms with Gasteiger partial charge in [0.2, 0.25) is 0 Å². The van der Waals surface area contributed by atoms with Crippen molar-refractivity contribution in [3.8, 4) is 0 Å². The fourth-order valence-corrected chi connectivity index (χ4v) is 15.1. The van der Waals surface area contributed by atoms with Crippen LogP contribution in [-0.2, 0) is 38.0 Å². The van der Waals surface area contributed by atoms with Gasteiger partial charge in [-0.15, -0.1) is 0 Å². The first-order valence-electron chi connectivity index (χ1n) is 24.2. The first-order chi connectivity index (χ1) is 30.7. The lowest BCUT2D eigenvalue weighted by Crippen LogP contribution is -2.68. The molecule has 0 aromatic rings. The minimum atomic E-state index is -2.05. The Kier molecular flexibility index (Phi) is 13.4. The Morgan fingerprint density at radius 1 is 0.667 bits per heavy atom. The summed E-state index contributed by atoms with van der Waals surface area (Å²) in [6, 6.07) is 0. The maximum atomic E-state index is 13.1. The third-order valence-electron chi connectivity index (χ3n) is 19.3. The average Bonchev–Trinajstić information content (AvgIpc) is 3.24. The lowest BCUT2D eigenvalue weighted by Gasteiger charge is -2.71. The van der Waals surface area contributed by atoms with Gasteiger partial charge in [-0.25, -0.2) is 4.79 Å². The standard InChI is InChI=1S/C48H76O18/c1-21-28(50)30(52)32(54)39(61-21)66-37-31(53)29(51)24(20-49)62-41(37)64-35-33(55)36(38(57)58)65-40(34(35)56)63-27-12-13-45(6)25(44(27,4)5)11-14-47(8)26(45)10-9-22-23-19-43(2,3)15-17-48(23,42(59)60)18-16-46(22,47)7/h9,21,23-37,39-41,49-56H,10-20H2,1-8H3,(H,57,58)(H,59,60)/t21-,23-,24+,25-,26+,27-,28-,29+,30+,31-,32+,33-,34+,35-,36-,37+,39-,40+,41-,45-,46+,47+,48-/m0/s1. The van der Waals surface area contributed by atoms with Gasteiger partial charge in [0.05, 0.1) is 24.2 Å². The van der Waals surface area contributed by atoms with Crippen LogP contribution in [-0.4, -0.2) is 168 Å². The maximum Gasteiger partial charge on any atom is 0.335 e. The number of carboxylic acids is 2. The van der Waals surface area contributed by atoms with Crippen molar-refractivity contribution in [1.29, 1.82) is 0 Å². The van der Waals surface area contributed by atoms with Crippen LogP contribution in [0.15, 0.2) is 11.6 Å². The highest BCUT2D eigenvalue weighted by molar-refractivity contribution is 5.76. The fraction of sp³-hybridized carbons (Fsp3) is 0.917. The molecule has 0 bridgehead atoms. The van der Waals surface area contributed by atoms with Crippen molar-refractivity contribution in [1.82, 2.24) is 0 Å². The van der Waals surface area contributed by atoms with Crippen LogP contribution < -0.4 is 0 Å². The van der Waals surface area contributed by atoms with Crippen LogP contribution in [0, 0.1) is 50.2 Å². The molecule has 0 radical (unpaired) electrons. The van der Waals surface area contributed by atoms with E-state index < -0.39 is 128 Å². The van der Waals surface area contributed by atoms with Gasteiger partial charge in [0.1, 0.15) is 61.0 Å². The van der Waals surface area contributed by atoms with E-state index in [9.17, 15) is 60.7 Å². The van der Waals surface area contributed by atoms with Gasteiger partial charge >= 0.3 is 11.9 Å². The molecule has 23 atom stereocenters. The second kappa shape index (κ2) is 17.5. The van der Waals surface area contributed by atoms with E-state index in [0.717, 1.165) is 44.9 Å². The van der Waals surface area contributed by atoms with Crippen molar-refractivity contribution in [2.45, 2.75) is 218 Å². The quantitative estimate of drug-likeness (QED) is 0.117. The summed E-state index contributed by atoms with van der Waals surface area (Å²) in [7, 11) is 0. The van der Waals surface area contributed by atoms with Gasteiger partial charge in [0, 0.05) is 0 Å². The molecule has 18 nitrogen and oxygen atoms in total. The van der Waals surface area contributed by atoms with Crippen LogP contribution in [0.2, 0.25) is 0 Å². The van der Waals surface area contributed by atoms with Crippen molar-refractivity contribution in [3.63, 3.8) is 0 Å². The van der Waals surface area contributed by atoms with E-state index in [1.165, 1.54) is 12.5 Å². The van der Waals surface area contributed by atoms with Crippen LogP contribution in [0.25, 0.3) is 0 Å². The predicted molar refractivity (Wildman–Crippen MR) is 230 cm³/mol. The molecule has 4 saturated carbocycles. The second-order valence-electron chi connectivity index (χ2n) is 23.5. The smallest absolute Gasteiger partial charge is 0.335 e. The van der Waals surface area contributed by atoms with E-state index in [2.05, 4.69) is 54.5 Å². The molecule has 0 aromatic carbocycles. The van der Waals surface area contributed by atoms with E-state index in [0.29, 0.717) is 19.3 Å². The molecule has 0 amide bonds. The molecule has 0 unspecified atom stereocenters. The lowest BCUT2D eigenvalue weighted by atomic mass is 9.33. The summed E-state index contributed by atoms with van der Waals surface area (Å²) in [4.78, 5) is 25.8. The monoisotopic (exact) mass is 941 g/mol. The van der Waals surface area contributed by atoms with Crippen molar-refractivity contribution < 1.29 is 89.1 Å². The molecule has 3 heterocycles. The van der Waals surface area contributed by atoms with Gasteiger partial charge in [-0.1, -0.05) is 60.1 Å². The molecular weight excluding hydrogens is 865 g/mol. The first-order valence-corrected chi connectivity index (χ1v) is 24.2. The summed E-state index contributed by atoms with van der Waals surface area (Å²) in [5.74, 6) is -1.85. The van der Waals surface area contributed by atoms with E-state index >= 15 is 0 Å². The number of hydrogen-bond donors (Lipinski definition) is 10. The fourth-order valence-electron chi connectivity index (χ4n) is 15.1. The molecule has 7 fully saturated rings. The summed E-state index contributed by atoms with van der Waals surface area (Å²) in [6.45, 7) is 16.6. The average molecular weight is 941 g/mol. The summed E-state index contributed by atoms with van der Waals surface area (Å²) >= 11 is 0. The first kappa shape index (κ1) is 50.5. The number of aliphatic hydroxyl groups excluding tert-OH is 8. The number of aliphatic carboxylic acids is 2. The SMILES string of the molecule is C[C@@H]1O[C@@H](O[C@H]2[C@H](O[C@@H]3[C@@H](O)[C@H](O[C@H]4CC[C@]5(C)[C@H]6CC=C7[C@@H]8CC(C)(C)CC[C@]8(C(=O)O)CC[C@@]7(C)[C@]6(C)CC[C@H]5C4(C)C)O[C@H](C(=O)O)[C@H]3O)O[C@H](CO)[C@@H](O)[C@@H]2O)[C@H](O)[C@H](O)[C@H]1O. The Hall–Kier alpha value is -1.88. The maximum absolute atomic E-state index is 13.1.